The van der Waals surface area contributed by atoms with Gasteiger partial charge in [-0.3, -0.25) is 0 Å². The van der Waals surface area contributed by atoms with Crippen molar-refractivity contribution in [2.24, 2.45) is 5.73 Å². The highest BCUT2D eigenvalue weighted by Crippen LogP contribution is 2.27. The predicted molar refractivity (Wildman–Crippen MR) is 45.5 cm³/mol. The molecule has 2 N–H and O–H groups in total. The molecule has 0 aromatic heterocycles. The van der Waals surface area contributed by atoms with Crippen LogP contribution in [-0.2, 0) is 0 Å². The zero-order valence-corrected chi connectivity index (χ0v) is 7.47. The highest BCUT2D eigenvalue weighted by atomic mass is 19.1. The van der Waals surface area contributed by atoms with Crippen LogP contribution in [0.25, 0.3) is 0 Å². The van der Waals surface area contributed by atoms with Crippen LogP contribution in [0, 0.1) is 11.6 Å². The fourth-order valence-corrected chi connectivity index (χ4v) is 1.17. The standard InChI is InChI=1S/C9H11F2NO/c1-5(12)9-7(11)3-6(10)4-8(9)13-2/h3-5H,12H2,1-2H3/t5-/m0/s1. The zero-order valence-electron chi connectivity index (χ0n) is 7.47. The number of halogens is 2. The number of hydrogen-bond acceptors (Lipinski definition) is 2. The normalized spacial score (nSPS) is 12.7. The molecule has 0 fully saturated rings. The highest BCUT2D eigenvalue weighted by molar-refractivity contribution is 5.37. The summed E-state index contributed by atoms with van der Waals surface area (Å²) in [5.41, 5.74) is 5.70. The van der Waals surface area contributed by atoms with E-state index in [1.165, 1.54) is 7.11 Å². The van der Waals surface area contributed by atoms with Crippen LogP contribution >= 0.6 is 0 Å². The van der Waals surface area contributed by atoms with Gasteiger partial charge in [-0.05, 0) is 6.92 Å². The second-order valence-electron chi connectivity index (χ2n) is 2.79. The maximum absolute atomic E-state index is 13.1. The monoisotopic (exact) mass is 187 g/mol. The first-order valence-corrected chi connectivity index (χ1v) is 3.84. The number of methoxy groups -OCH3 is 1. The largest absolute Gasteiger partial charge is 0.496 e. The molecular weight excluding hydrogens is 176 g/mol. The van der Waals surface area contributed by atoms with Crippen molar-refractivity contribution in [3.63, 3.8) is 0 Å². The number of benzene rings is 1. The number of hydrogen-bond donors (Lipinski definition) is 1. The van der Waals surface area contributed by atoms with Crippen LogP contribution < -0.4 is 10.5 Å². The van der Waals surface area contributed by atoms with E-state index < -0.39 is 17.7 Å². The fraction of sp³-hybridized carbons (Fsp3) is 0.333. The minimum Gasteiger partial charge on any atom is -0.496 e. The molecule has 4 heteroatoms. The summed E-state index contributed by atoms with van der Waals surface area (Å²) in [5, 5.41) is 0. The molecular formula is C9H11F2NO. The lowest BCUT2D eigenvalue weighted by molar-refractivity contribution is 0.396. The molecule has 1 rings (SSSR count). The topological polar surface area (TPSA) is 35.2 Å². The van der Waals surface area contributed by atoms with Crippen LogP contribution in [0.1, 0.15) is 18.5 Å². The van der Waals surface area contributed by atoms with Gasteiger partial charge in [-0.2, -0.15) is 0 Å². The van der Waals surface area contributed by atoms with Gasteiger partial charge in [0.25, 0.3) is 0 Å². The van der Waals surface area contributed by atoms with E-state index in [0.717, 1.165) is 12.1 Å². The van der Waals surface area contributed by atoms with E-state index in [1.807, 2.05) is 0 Å². The van der Waals surface area contributed by atoms with Crippen LogP contribution in [0.2, 0.25) is 0 Å². The highest BCUT2D eigenvalue weighted by Gasteiger charge is 2.14. The van der Waals surface area contributed by atoms with Gasteiger partial charge in [0.2, 0.25) is 0 Å². The molecule has 0 radical (unpaired) electrons. The average Bonchev–Trinajstić information content (AvgIpc) is 2.01. The quantitative estimate of drug-likeness (QED) is 0.768. The number of nitrogens with two attached hydrogens (primary N) is 1. The third kappa shape index (κ3) is 1.95. The van der Waals surface area contributed by atoms with Crippen molar-refractivity contribution in [3.8, 4) is 5.75 Å². The average molecular weight is 187 g/mol. The summed E-state index contributed by atoms with van der Waals surface area (Å²) in [6.45, 7) is 1.61. The lowest BCUT2D eigenvalue weighted by Gasteiger charge is -2.12. The fourth-order valence-electron chi connectivity index (χ4n) is 1.17. The van der Waals surface area contributed by atoms with Crippen molar-refractivity contribution in [2.75, 3.05) is 7.11 Å². The Morgan fingerprint density at radius 2 is 2.00 bits per heavy atom. The Balaban J connectivity index is 3.30. The summed E-state index contributed by atoms with van der Waals surface area (Å²) < 4.78 is 30.7. The summed E-state index contributed by atoms with van der Waals surface area (Å²) in [6, 6.07) is 1.39. The van der Waals surface area contributed by atoms with Crippen molar-refractivity contribution in [3.05, 3.63) is 29.3 Å². The lowest BCUT2D eigenvalue weighted by atomic mass is 10.1. The van der Waals surface area contributed by atoms with Crippen molar-refractivity contribution in [1.29, 1.82) is 0 Å². The SMILES string of the molecule is COc1cc(F)cc(F)c1[C@H](C)N. The zero-order chi connectivity index (χ0) is 10.0. The summed E-state index contributed by atoms with van der Waals surface area (Å²) in [7, 11) is 1.35. The minimum atomic E-state index is -0.674. The Bertz CT molecular complexity index is 313. The molecule has 72 valence electrons. The van der Waals surface area contributed by atoms with Gasteiger partial charge in [0, 0.05) is 23.7 Å². The molecule has 0 unspecified atom stereocenters. The first kappa shape index (κ1) is 9.92. The molecule has 0 bridgehead atoms. The molecule has 13 heavy (non-hydrogen) atoms. The summed E-state index contributed by atoms with van der Waals surface area (Å²) >= 11 is 0. The second kappa shape index (κ2) is 3.70. The van der Waals surface area contributed by atoms with E-state index in [9.17, 15) is 8.78 Å². The Kier molecular flexibility index (Phi) is 2.83. The second-order valence-corrected chi connectivity index (χ2v) is 2.79. The Labute approximate surface area is 75.3 Å². The first-order valence-electron chi connectivity index (χ1n) is 3.84. The van der Waals surface area contributed by atoms with Crippen molar-refractivity contribution in [2.45, 2.75) is 13.0 Å². The van der Waals surface area contributed by atoms with E-state index in [0.29, 0.717) is 0 Å². The molecule has 0 amide bonds. The molecule has 0 spiro atoms. The van der Waals surface area contributed by atoms with E-state index in [-0.39, 0.29) is 11.3 Å². The van der Waals surface area contributed by atoms with Gasteiger partial charge >= 0.3 is 0 Å². The molecule has 2 nitrogen and oxygen atoms in total. The molecule has 1 aromatic rings. The summed E-state index contributed by atoms with van der Waals surface area (Å²) in [4.78, 5) is 0. The molecule has 1 atom stereocenters. The Hall–Kier alpha value is -1.16. The van der Waals surface area contributed by atoms with Gasteiger partial charge in [-0.1, -0.05) is 0 Å². The third-order valence-corrected chi connectivity index (χ3v) is 1.73. The number of ether oxygens (including phenoxy) is 1. The van der Waals surface area contributed by atoms with Crippen LogP contribution in [-0.4, -0.2) is 7.11 Å². The van der Waals surface area contributed by atoms with Gasteiger partial charge < -0.3 is 10.5 Å². The van der Waals surface area contributed by atoms with Crippen molar-refractivity contribution < 1.29 is 13.5 Å². The summed E-state index contributed by atoms with van der Waals surface area (Å²) in [5.74, 6) is -1.20. The minimum absolute atomic E-state index is 0.146. The van der Waals surface area contributed by atoms with Crippen LogP contribution in [0.4, 0.5) is 8.78 Å². The molecule has 0 aliphatic carbocycles. The molecule has 1 aromatic carbocycles. The maximum Gasteiger partial charge on any atom is 0.134 e. The first-order chi connectivity index (χ1) is 6.06. The maximum atomic E-state index is 13.1. The van der Waals surface area contributed by atoms with E-state index >= 15 is 0 Å². The molecule has 0 aliphatic heterocycles. The van der Waals surface area contributed by atoms with E-state index in [4.69, 9.17) is 10.5 Å². The molecule has 0 aliphatic rings. The smallest absolute Gasteiger partial charge is 0.134 e. The Morgan fingerprint density at radius 1 is 1.38 bits per heavy atom. The number of rotatable bonds is 2. The van der Waals surface area contributed by atoms with E-state index in [2.05, 4.69) is 0 Å². The lowest BCUT2D eigenvalue weighted by Crippen LogP contribution is -2.09. The van der Waals surface area contributed by atoms with Crippen LogP contribution in [0.3, 0.4) is 0 Å². The molecule has 0 heterocycles. The molecule has 0 saturated heterocycles. The molecule has 0 saturated carbocycles. The van der Waals surface area contributed by atoms with Gasteiger partial charge in [-0.25, -0.2) is 8.78 Å². The van der Waals surface area contributed by atoms with Crippen LogP contribution in [0.15, 0.2) is 12.1 Å². The summed E-state index contributed by atoms with van der Waals surface area (Å²) in [6.07, 6.45) is 0. The Morgan fingerprint density at radius 3 is 2.46 bits per heavy atom. The predicted octanol–water partition coefficient (Wildman–Crippen LogP) is 1.99. The van der Waals surface area contributed by atoms with Crippen LogP contribution in [0.5, 0.6) is 5.75 Å². The third-order valence-electron chi connectivity index (χ3n) is 1.73. The van der Waals surface area contributed by atoms with Crippen molar-refractivity contribution >= 4 is 0 Å². The van der Waals surface area contributed by atoms with Gasteiger partial charge in [0.1, 0.15) is 17.4 Å². The van der Waals surface area contributed by atoms with Crippen molar-refractivity contribution in [1.82, 2.24) is 0 Å². The van der Waals surface area contributed by atoms with Gasteiger partial charge in [0.15, 0.2) is 0 Å². The van der Waals surface area contributed by atoms with Gasteiger partial charge in [-0.15, -0.1) is 0 Å². The van der Waals surface area contributed by atoms with E-state index in [1.54, 1.807) is 6.92 Å². The van der Waals surface area contributed by atoms with Gasteiger partial charge in [0.05, 0.1) is 7.11 Å².